The fourth-order valence-corrected chi connectivity index (χ4v) is 1.78. The summed E-state index contributed by atoms with van der Waals surface area (Å²) < 4.78 is 0.534. The van der Waals surface area contributed by atoms with Crippen LogP contribution in [0.15, 0.2) is 27.8 Å². The van der Waals surface area contributed by atoms with Gasteiger partial charge in [-0.2, -0.15) is 0 Å². The number of carbonyl (C=O) groups excluding carboxylic acids is 1. The zero-order valence-electron chi connectivity index (χ0n) is 9.98. The summed E-state index contributed by atoms with van der Waals surface area (Å²) in [5.74, 6) is -0.264. The number of hydrogen-bond acceptors (Lipinski definition) is 4. The molecule has 0 unspecified atom stereocenters. The largest absolute Gasteiger partial charge is 0.507 e. The van der Waals surface area contributed by atoms with Gasteiger partial charge in [-0.1, -0.05) is 18.1 Å². The van der Waals surface area contributed by atoms with Gasteiger partial charge in [0.1, 0.15) is 11.5 Å². The molecule has 0 radical (unpaired) electrons. The van der Waals surface area contributed by atoms with Crippen LogP contribution in [0.1, 0.15) is 18.9 Å². The highest BCUT2D eigenvalue weighted by Gasteiger charge is 2.13. The molecular formula is C12H15BrN2O3. The number of phenols is 1. The highest BCUT2D eigenvalue weighted by molar-refractivity contribution is 9.10. The molecule has 0 heterocycles. The molecule has 0 fully saturated rings. The molecule has 0 aromatic heterocycles. The molecule has 0 saturated heterocycles. The van der Waals surface area contributed by atoms with E-state index >= 15 is 0 Å². The second-order valence-corrected chi connectivity index (χ2v) is 4.62. The van der Waals surface area contributed by atoms with E-state index in [1.165, 1.54) is 6.07 Å². The summed E-state index contributed by atoms with van der Waals surface area (Å²) >= 11 is 3.18. The van der Waals surface area contributed by atoms with Crippen molar-refractivity contribution in [1.82, 2.24) is 5.32 Å². The Labute approximate surface area is 114 Å². The van der Waals surface area contributed by atoms with E-state index < -0.39 is 0 Å². The van der Waals surface area contributed by atoms with E-state index in [0.29, 0.717) is 11.0 Å². The van der Waals surface area contributed by atoms with E-state index in [1.807, 2.05) is 6.92 Å². The van der Waals surface area contributed by atoms with Gasteiger partial charge in [-0.15, -0.1) is 0 Å². The molecule has 1 rings (SSSR count). The van der Waals surface area contributed by atoms with Crippen molar-refractivity contribution in [2.75, 3.05) is 6.54 Å². The molecule has 0 aliphatic heterocycles. The normalized spacial score (nSPS) is 11.3. The average molecular weight is 315 g/mol. The molecule has 0 aliphatic rings. The first-order valence-electron chi connectivity index (χ1n) is 5.55. The lowest BCUT2D eigenvalue weighted by Gasteiger charge is -2.06. The molecular weight excluding hydrogens is 300 g/mol. The fourth-order valence-electron chi connectivity index (χ4n) is 1.36. The standard InChI is InChI=1S/C12H15BrN2O3/c1-2-5-14-12(17)10(15-18)7-8-3-4-11(16)9(13)6-8/h3-4,6,16,18H,2,5,7H2,1H3,(H,14,17)/b15-10+. The van der Waals surface area contributed by atoms with Crippen LogP contribution >= 0.6 is 15.9 Å². The highest BCUT2D eigenvalue weighted by atomic mass is 79.9. The zero-order chi connectivity index (χ0) is 13.5. The number of aromatic hydroxyl groups is 1. The van der Waals surface area contributed by atoms with E-state index in [0.717, 1.165) is 12.0 Å². The lowest BCUT2D eigenvalue weighted by Crippen LogP contribution is -2.32. The van der Waals surface area contributed by atoms with Gasteiger partial charge in [0.25, 0.3) is 5.91 Å². The molecule has 18 heavy (non-hydrogen) atoms. The molecule has 1 aromatic rings. The van der Waals surface area contributed by atoms with Crippen LogP contribution in [-0.4, -0.2) is 28.5 Å². The Morgan fingerprint density at radius 3 is 2.78 bits per heavy atom. The van der Waals surface area contributed by atoms with E-state index in [9.17, 15) is 9.90 Å². The van der Waals surface area contributed by atoms with Crippen molar-refractivity contribution in [2.24, 2.45) is 5.16 Å². The number of rotatable bonds is 5. The summed E-state index contributed by atoms with van der Waals surface area (Å²) in [6.07, 6.45) is 1.01. The van der Waals surface area contributed by atoms with E-state index in [2.05, 4.69) is 26.4 Å². The lowest BCUT2D eigenvalue weighted by molar-refractivity contribution is -0.115. The van der Waals surface area contributed by atoms with Gasteiger partial charge in [-0.3, -0.25) is 4.79 Å². The maximum Gasteiger partial charge on any atom is 0.269 e. The molecule has 6 heteroatoms. The predicted molar refractivity (Wildman–Crippen MR) is 72.0 cm³/mol. The highest BCUT2D eigenvalue weighted by Crippen LogP contribution is 2.24. The topological polar surface area (TPSA) is 81.9 Å². The molecule has 5 nitrogen and oxygen atoms in total. The maximum atomic E-state index is 11.6. The zero-order valence-corrected chi connectivity index (χ0v) is 11.6. The molecule has 1 amide bonds. The van der Waals surface area contributed by atoms with E-state index in [-0.39, 0.29) is 23.8 Å². The van der Waals surface area contributed by atoms with Crippen LogP contribution in [0.25, 0.3) is 0 Å². The molecule has 0 aliphatic carbocycles. The Morgan fingerprint density at radius 2 is 2.22 bits per heavy atom. The van der Waals surface area contributed by atoms with Gasteiger partial charge in [0.2, 0.25) is 0 Å². The third-order valence-electron chi connectivity index (χ3n) is 2.30. The summed E-state index contributed by atoms with van der Waals surface area (Å²) in [6.45, 7) is 2.48. The first kappa shape index (κ1) is 14.5. The predicted octanol–water partition coefficient (Wildman–Crippen LogP) is 2.05. The Morgan fingerprint density at radius 1 is 1.50 bits per heavy atom. The number of halogens is 1. The Kier molecular flexibility index (Phi) is 5.64. The molecule has 0 bridgehead atoms. The van der Waals surface area contributed by atoms with Crippen LogP contribution in [0.2, 0.25) is 0 Å². The second-order valence-electron chi connectivity index (χ2n) is 3.77. The Hall–Kier alpha value is -1.56. The first-order valence-corrected chi connectivity index (χ1v) is 6.34. The summed E-state index contributed by atoms with van der Waals surface area (Å²) in [6, 6.07) is 4.85. The van der Waals surface area contributed by atoms with Gasteiger partial charge in [0, 0.05) is 13.0 Å². The average Bonchev–Trinajstić information content (AvgIpc) is 2.37. The van der Waals surface area contributed by atoms with Gasteiger partial charge >= 0.3 is 0 Å². The smallest absolute Gasteiger partial charge is 0.269 e. The maximum absolute atomic E-state index is 11.6. The van der Waals surface area contributed by atoms with Gasteiger partial charge in [-0.05, 0) is 40.0 Å². The van der Waals surface area contributed by atoms with E-state index in [4.69, 9.17) is 5.21 Å². The minimum Gasteiger partial charge on any atom is -0.507 e. The molecule has 0 atom stereocenters. The number of phenolic OH excluding ortho intramolecular Hbond substituents is 1. The van der Waals surface area contributed by atoms with Crippen molar-refractivity contribution >= 4 is 27.5 Å². The number of amides is 1. The van der Waals surface area contributed by atoms with Gasteiger partial charge in [0.15, 0.2) is 0 Å². The van der Waals surface area contributed by atoms with Crippen LogP contribution in [-0.2, 0) is 11.2 Å². The van der Waals surface area contributed by atoms with Crippen molar-refractivity contribution in [3.63, 3.8) is 0 Å². The van der Waals surface area contributed by atoms with Crippen molar-refractivity contribution in [2.45, 2.75) is 19.8 Å². The van der Waals surface area contributed by atoms with Crippen molar-refractivity contribution in [3.05, 3.63) is 28.2 Å². The van der Waals surface area contributed by atoms with Crippen LogP contribution in [0, 0.1) is 0 Å². The van der Waals surface area contributed by atoms with Gasteiger partial charge < -0.3 is 15.6 Å². The molecule has 98 valence electrons. The minimum absolute atomic E-state index is 0.0426. The summed E-state index contributed by atoms with van der Waals surface area (Å²) in [7, 11) is 0. The monoisotopic (exact) mass is 314 g/mol. The summed E-state index contributed by atoms with van der Waals surface area (Å²) in [5, 5.41) is 23.9. The Balaban J connectivity index is 2.74. The van der Waals surface area contributed by atoms with Gasteiger partial charge in [-0.25, -0.2) is 0 Å². The quantitative estimate of drug-likeness (QED) is 0.442. The van der Waals surface area contributed by atoms with Crippen LogP contribution in [0.4, 0.5) is 0 Å². The number of nitrogens with one attached hydrogen (secondary N) is 1. The number of benzene rings is 1. The van der Waals surface area contributed by atoms with E-state index in [1.54, 1.807) is 12.1 Å². The SMILES string of the molecule is CCCNC(=O)/C(Cc1ccc(O)c(Br)c1)=N/O. The summed E-state index contributed by atoms with van der Waals surface area (Å²) in [4.78, 5) is 11.6. The Bertz CT molecular complexity index is 461. The number of carbonyl (C=O) groups is 1. The van der Waals surface area contributed by atoms with Crippen LogP contribution in [0.5, 0.6) is 5.75 Å². The van der Waals surface area contributed by atoms with Crippen molar-refractivity contribution in [1.29, 1.82) is 0 Å². The van der Waals surface area contributed by atoms with Crippen molar-refractivity contribution < 1.29 is 15.1 Å². The number of oxime groups is 1. The van der Waals surface area contributed by atoms with Gasteiger partial charge in [0.05, 0.1) is 4.47 Å². The summed E-state index contributed by atoms with van der Waals surface area (Å²) in [5.41, 5.74) is 0.806. The molecule has 0 spiro atoms. The second kappa shape index (κ2) is 7.00. The molecule has 0 saturated carbocycles. The fraction of sp³-hybridized carbons (Fsp3) is 0.333. The van der Waals surface area contributed by atoms with Crippen LogP contribution < -0.4 is 5.32 Å². The minimum atomic E-state index is -0.386. The number of nitrogens with zero attached hydrogens (tertiary/aromatic N) is 1. The first-order chi connectivity index (χ1) is 8.58. The molecule has 1 aromatic carbocycles. The third-order valence-corrected chi connectivity index (χ3v) is 2.94. The van der Waals surface area contributed by atoms with Crippen LogP contribution in [0.3, 0.4) is 0 Å². The third kappa shape index (κ3) is 4.03. The lowest BCUT2D eigenvalue weighted by atomic mass is 10.1. The molecule has 3 N–H and O–H groups in total. The number of hydrogen-bond donors (Lipinski definition) is 3. The van der Waals surface area contributed by atoms with Crippen molar-refractivity contribution in [3.8, 4) is 5.75 Å².